The van der Waals surface area contributed by atoms with Crippen LogP contribution in [0.5, 0.6) is 5.75 Å². The van der Waals surface area contributed by atoms with Gasteiger partial charge in [-0.3, -0.25) is 0 Å². The molecule has 0 unspecified atom stereocenters. The van der Waals surface area contributed by atoms with Crippen molar-refractivity contribution in [2.24, 2.45) is 0 Å². The number of aromatic carboxylic acids is 1. The Kier molecular flexibility index (Phi) is 7.52. The highest BCUT2D eigenvalue weighted by atomic mass is 28.4. The third kappa shape index (κ3) is 4.33. The van der Waals surface area contributed by atoms with Crippen LogP contribution in [-0.4, -0.2) is 19.4 Å². The summed E-state index contributed by atoms with van der Waals surface area (Å²) in [4.78, 5) is 11.6. The molecule has 4 heteroatoms. The van der Waals surface area contributed by atoms with Crippen molar-refractivity contribution in [3.63, 3.8) is 0 Å². The molecule has 0 aliphatic heterocycles. The van der Waals surface area contributed by atoms with Crippen molar-refractivity contribution in [2.45, 2.75) is 97.7 Å². The normalized spacial score (nSPS) is 12.7. The van der Waals surface area contributed by atoms with Crippen molar-refractivity contribution >= 4 is 14.3 Å². The number of rotatable bonds is 8. The van der Waals surface area contributed by atoms with Crippen molar-refractivity contribution in [1.29, 1.82) is 0 Å². The molecule has 0 amide bonds. The lowest BCUT2D eigenvalue weighted by Crippen LogP contribution is -2.51. The van der Waals surface area contributed by atoms with E-state index in [2.05, 4.69) is 69.2 Å². The second kappa shape index (κ2) is 8.60. The predicted molar refractivity (Wildman–Crippen MR) is 113 cm³/mol. The largest absolute Gasteiger partial charge is 0.542 e. The molecule has 0 heterocycles. The summed E-state index contributed by atoms with van der Waals surface area (Å²) in [6, 6.07) is 3.63. The molecule has 1 aromatic carbocycles. The molecule has 1 aromatic rings. The molecule has 0 saturated carbocycles. The maximum Gasteiger partial charge on any atom is 0.335 e. The summed E-state index contributed by atoms with van der Waals surface area (Å²) in [5.41, 5.74) is 3.82. The van der Waals surface area contributed by atoms with Crippen LogP contribution in [0.1, 0.15) is 103 Å². The summed E-state index contributed by atoms with van der Waals surface area (Å²) in [6.45, 7) is 22.1. The van der Waals surface area contributed by atoms with Crippen molar-refractivity contribution in [2.75, 3.05) is 0 Å². The van der Waals surface area contributed by atoms with E-state index in [0.717, 1.165) is 16.9 Å². The Morgan fingerprint density at radius 3 is 1.38 bits per heavy atom. The van der Waals surface area contributed by atoms with Crippen LogP contribution in [0.2, 0.25) is 16.6 Å². The van der Waals surface area contributed by atoms with Gasteiger partial charge < -0.3 is 9.53 Å². The monoisotopic (exact) mass is 378 g/mol. The molecular weight excluding hydrogens is 340 g/mol. The zero-order chi connectivity index (χ0) is 20.4. The molecule has 0 saturated heterocycles. The van der Waals surface area contributed by atoms with Gasteiger partial charge in [-0.25, -0.2) is 4.79 Å². The maximum atomic E-state index is 11.6. The Bertz CT molecular complexity index is 579. The number of carbonyl (C=O) groups is 1. The van der Waals surface area contributed by atoms with E-state index in [1.54, 1.807) is 0 Å². The topological polar surface area (TPSA) is 46.5 Å². The fourth-order valence-corrected chi connectivity index (χ4v) is 9.60. The van der Waals surface area contributed by atoms with Gasteiger partial charge in [0.1, 0.15) is 5.75 Å². The molecule has 1 N–H and O–H groups in total. The molecule has 0 atom stereocenters. The molecule has 26 heavy (non-hydrogen) atoms. The van der Waals surface area contributed by atoms with Crippen LogP contribution >= 0.6 is 0 Å². The number of hydrogen-bond donors (Lipinski definition) is 1. The van der Waals surface area contributed by atoms with Gasteiger partial charge in [0.15, 0.2) is 0 Å². The highest BCUT2D eigenvalue weighted by Crippen LogP contribution is 2.46. The van der Waals surface area contributed by atoms with Crippen LogP contribution in [0.3, 0.4) is 0 Å². The molecule has 0 bridgehead atoms. The number of carboxylic acid groups (broad SMARTS) is 1. The lowest BCUT2D eigenvalue weighted by molar-refractivity contribution is 0.0696. The minimum absolute atomic E-state index is 0.208. The van der Waals surface area contributed by atoms with Crippen molar-refractivity contribution in [3.05, 3.63) is 28.8 Å². The number of hydrogen-bond acceptors (Lipinski definition) is 2. The third-order valence-electron chi connectivity index (χ3n) is 5.62. The lowest BCUT2D eigenvalue weighted by Gasteiger charge is -2.43. The molecule has 0 aliphatic carbocycles. The molecule has 1 rings (SSSR count). The second-order valence-electron chi connectivity index (χ2n) is 9.02. The molecule has 0 aliphatic rings. The van der Waals surface area contributed by atoms with E-state index in [1.807, 2.05) is 12.1 Å². The highest BCUT2D eigenvalue weighted by molar-refractivity contribution is 6.78. The average Bonchev–Trinajstić information content (AvgIpc) is 2.50. The Balaban J connectivity index is 3.76. The smallest absolute Gasteiger partial charge is 0.335 e. The van der Waals surface area contributed by atoms with Gasteiger partial charge in [-0.15, -0.1) is 0 Å². The minimum Gasteiger partial charge on any atom is -0.542 e. The molecule has 0 aromatic heterocycles. The number of benzene rings is 1. The first-order valence-corrected chi connectivity index (χ1v) is 12.1. The Hall–Kier alpha value is -1.29. The van der Waals surface area contributed by atoms with E-state index in [1.165, 1.54) is 0 Å². The molecule has 0 spiro atoms. The fourth-order valence-electron chi connectivity index (χ4n) is 4.30. The van der Waals surface area contributed by atoms with Crippen LogP contribution < -0.4 is 4.43 Å². The first-order valence-electron chi connectivity index (χ1n) is 9.96. The van der Waals surface area contributed by atoms with E-state index in [0.29, 0.717) is 22.2 Å². The number of carboxylic acids is 1. The SMILES string of the molecule is CC(C)c1cc(C(=O)O)cc(C(C)C)c1O[Si](C(C)C)(C(C)C)C(C)C. The van der Waals surface area contributed by atoms with E-state index in [-0.39, 0.29) is 11.8 Å². The van der Waals surface area contributed by atoms with Gasteiger partial charge in [-0.2, -0.15) is 0 Å². The molecule has 0 fully saturated rings. The van der Waals surface area contributed by atoms with Crippen LogP contribution in [0, 0.1) is 0 Å². The zero-order valence-corrected chi connectivity index (χ0v) is 19.3. The second-order valence-corrected chi connectivity index (χ2v) is 14.4. The summed E-state index contributed by atoms with van der Waals surface area (Å²) in [6.07, 6.45) is 0. The van der Waals surface area contributed by atoms with E-state index < -0.39 is 14.3 Å². The van der Waals surface area contributed by atoms with Crippen LogP contribution in [0.15, 0.2) is 12.1 Å². The Morgan fingerprint density at radius 2 is 1.15 bits per heavy atom. The summed E-state index contributed by atoms with van der Waals surface area (Å²) >= 11 is 0. The molecule has 0 radical (unpaired) electrons. The van der Waals surface area contributed by atoms with Gasteiger partial charge in [-0.05, 0) is 51.7 Å². The molecule has 148 valence electrons. The Labute approximate surface area is 161 Å². The van der Waals surface area contributed by atoms with E-state index in [4.69, 9.17) is 4.43 Å². The van der Waals surface area contributed by atoms with Crippen LogP contribution in [0.4, 0.5) is 0 Å². The summed E-state index contributed by atoms with van der Waals surface area (Å²) < 4.78 is 7.05. The first kappa shape index (κ1) is 22.7. The van der Waals surface area contributed by atoms with Gasteiger partial charge >= 0.3 is 5.97 Å². The third-order valence-corrected chi connectivity index (χ3v) is 11.6. The molecular formula is C22H38O3Si. The van der Waals surface area contributed by atoms with Gasteiger partial charge in [-0.1, -0.05) is 69.2 Å². The van der Waals surface area contributed by atoms with Crippen LogP contribution in [0.25, 0.3) is 0 Å². The maximum absolute atomic E-state index is 11.6. The minimum atomic E-state index is -2.11. The Morgan fingerprint density at radius 1 is 0.808 bits per heavy atom. The summed E-state index contributed by atoms with van der Waals surface area (Å²) in [5, 5.41) is 9.55. The zero-order valence-electron chi connectivity index (χ0n) is 18.3. The van der Waals surface area contributed by atoms with E-state index >= 15 is 0 Å². The van der Waals surface area contributed by atoms with Gasteiger partial charge in [0.25, 0.3) is 8.32 Å². The average molecular weight is 379 g/mol. The fraction of sp³-hybridized carbons (Fsp3) is 0.682. The van der Waals surface area contributed by atoms with Gasteiger partial charge in [0.05, 0.1) is 5.56 Å². The van der Waals surface area contributed by atoms with E-state index in [9.17, 15) is 9.90 Å². The first-order chi connectivity index (χ1) is 11.9. The lowest BCUT2D eigenvalue weighted by atomic mass is 9.91. The summed E-state index contributed by atoms with van der Waals surface area (Å²) in [7, 11) is -2.11. The van der Waals surface area contributed by atoms with Gasteiger partial charge in [0, 0.05) is 0 Å². The van der Waals surface area contributed by atoms with Crippen molar-refractivity contribution in [3.8, 4) is 5.75 Å². The standard InChI is InChI=1S/C22H38O3Si/c1-13(2)19-11-18(22(23)24)12-20(14(3)4)21(19)25-26(15(5)6,16(7)8)17(9)10/h11-17H,1-10H3,(H,23,24). The quantitative estimate of drug-likeness (QED) is 0.487. The predicted octanol–water partition coefficient (Wildman–Crippen LogP) is 7.19. The highest BCUT2D eigenvalue weighted by Gasteiger charge is 2.47. The van der Waals surface area contributed by atoms with Crippen molar-refractivity contribution < 1.29 is 14.3 Å². The van der Waals surface area contributed by atoms with Crippen LogP contribution in [-0.2, 0) is 0 Å². The summed E-state index contributed by atoms with van der Waals surface area (Å²) in [5.74, 6) is 0.489. The molecule has 3 nitrogen and oxygen atoms in total. The van der Waals surface area contributed by atoms with Gasteiger partial charge in [0.2, 0.25) is 0 Å². The van der Waals surface area contributed by atoms with Crippen molar-refractivity contribution in [1.82, 2.24) is 0 Å².